The highest BCUT2D eigenvalue weighted by Gasteiger charge is 2.26. The lowest BCUT2D eigenvalue weighted by atomic mass is 9.99. The van der Waals surface area contributed by atoms with Gasteiger partial charge in [0.2, 0.25) is 0 Å². The van der Waals surface area contributed by atoms with Crippen LogP contribution in [0.4, 0.5) is 4.79 Å². The molecule has 5 nitrogen and oxygen atoms in total. The van der Waals surface area contributed by atoms with Crippen molar-refractivity contribution in [3.05, 3.63) is 59.5 Å². The van der Waals surface area contributed by atoms with Gasteiger partial charge in [0.25, 0.3) is 0 Å². The van der Waals surface area contributed by atoms with Crippen LogP contribution in [-0.2, 0) is 5.60 Å². The standard InChI is InChI=1S/C18H24N2O3/c1-13-6-4-7-15(10-13)14(2)11-19-17(21)20-12-18(3,22)16-8-5-9-23-16/h4-10,14,22H,11-12H2,1-3H3,(H2,19,20,21). The maximum atomic E-state index is 11.9. The van der Waals surface area contributed by atoms with Crippen LogP contribution in [0.5, 0.6) is 0 Å². The SMILES string of the molecule is Cc1cccc(C(C)CNC(=O)NCC(C)(O)c2ccco2)c1. The predicted molar refractivity (Wildman–Crippen MR) is 89.3 cm³/mol. The molecule has 5 heteroatoms. The van der Waals surface area contributed by atoms with Crippen molar-refractivity contribution in [3.8, 4) is 0 Å². The van der Waals surface area contributed by atoms with E-state index in [0.717, 1.165) is 0 Å². The van der Waals surface area contributed by atoms with Crippen LogP contribution in [0, 0.1) is 6.92 Å². The zero-order valence-corrected chi connectivity index (χ0v) is 13.8. The largest absolute Gasteiger partial charge is 0.466 e. The molecular weight excluding hydrogens is 292 g/mol. The van der Waals surface area contributed by atoms with Gasteiger partial charge in [0, 0.05) is 6.54 Å². The average molecular weight is 316 g/mol. The summed E-state index contributed by atoms with van der Waals surface area (Å²) in [6, 6.07) is 11.3. The third-order valence-corrected chi connectivity index (χ3v) is 3.83. The van der Waals surface area contributed by atoms with Crippen LogP contribution in [0.15, 0.2) is 47.1 Å². The zero-order valence-electron chi connectivity index (χ0n) is 13.8. The van der Waals surface area contributed by atoms with E-state index < -0.39 is 5.60 Å². The molecule has 0 bridgehead atoms. The number of furan rings is 1. The van der Waals surface area contributed by atoms with Crippen molar-refractivity contribution in [2.75, 3.05) is 13.1 Å². The van der Waals surface area contributed by atoms with E-state index in [9.17, 15) is 9.90 Å². The van der Waals surface area contributed by atoms with E-state index in [4.69, 9.17) is 4.42 Å². The Labute approximate surface area is 136 Å². The Hall–Kier alpha value is -2.27. The summed E-state index contributed by atoms with van der Waals surface area (Å²) >= 11 is 0. The van der Waals surface area contributed by atoms with Crippen LogP contribution in [0.2, 0.25) is 0 Å². The van der Waals surface area contributed by atoms with Crippen molar-refractivity contribution in [1.29, 1.82) is 0 Å². The second-order valence-electron chi connectivity index (χ2n) is 6.13. The highest BCUT2D eigenvalue weighted by Crippen LogP contribution is 2.19. The second-order valence-corrected chi connectivity index (χ2v) is 6.13. The number of amides is 2. The highest BCUT2D eigenvalue weighted by atomic mass is 16.4. The predicted octanol–water partition coefficient (Wildman–Crippen LogP) is 2.90. The molecule has 3 N–H and O–H groups in total. The number of hydrogen-bond donors (Lipinski definition) is 3. The van der Waals surface area contributed by atoms with E-state index in [1.54, 1.807) is 19.1 Å². The first-order chi connectivity index (χ1) is 10.9. The molecule has 1 aromatic carbocycles. The number of carbonyl (C=O) groups is 1. The van der Waals surface area contributed by atoms with E-state index in [1.165, 1.54) is 17.4 Å². The number of aryl methyl sites for hydroxylation is 1. The molecule has 2 unspecified atom stereocenters. The minimum Gasteiger partial charge on any atom is -0.466 e. The highest BCUT2D eigenvalue weighted by molar-refractivity contribution is 5.74. The number of rotatable bonds is 6. The number of hydrogen-bond acceptors (Lipinski definition) is 3. The number of urea groups is 1. The van der Waals surface area contributed by atoms with Crippen LogP contribution in [0.3, 0.4) is 0 Å². The second kappa shape index (κ2) is 7.33. The Balaban J connectivity index is 1.79. The van der Waals surface area contributed by atoms with Crippen LogP contribution in [0.1, 0.15) is 36.7 Å². The molecule has 0 saturated carbocycles. The lowest BCUT2D eigenvalue weighted by Crippen LogP contribution is -2.44. The Kier molecular flexibility index (Phi) is 5.45. The zero-order chi connectivity index (χ0) is 16.9. The molecule has 0 aliphatic heterocycles. The maximum absolute atomic E-state index is 11.9. The summed E-state index contributed by atoms with van der Waals surface area (Å²) in [5.74, 6) is 0.636. The van der Waals surface area contributed by atoms with Crippen molar-refractivity contribution in [1.82, 2.24) is 10.6 Å². The summed E-state index contributed by atoms with van der Waals surface area (Å²) in [5, 5.41) is 15.8. The van der Waals surface area contributed by atoms with Crippen molar-refractivity contribution in [3.63, 3.8) is 0 Å². The van der Waals surface area contributed by atoms with E-state index in [1.807, 2.05) is 19.1 Å². The van der Waals surface area contributed by atoms with Gasteiger partial charge in [-0.15, -0.1) is 0 Å². The van der Waals surface area contributed by atoms with Gasteiger partial charge in [-0.3, -0.25) is 0 Å². The fourth-order valence-electron chi connectivity index (χ4n) is 2.33. The molecule has 0 saturated heterocycles. The molecule has 23 heavy (non-hydrogen) atoms. The normalized spacial score (nSPS) is 14.8. The first kappa shape index (κ1) is 17.1. The Bertz CT molecular complexity index is 635. The summed E-state index contributed by atoms with van der Waals surface area (Å²) in [5.41, 5.74) is 1.16. The molecule has 1 aromatic heterocycles. The molecule has 2 atom stereocenters. The summed E-state index contributed by atoms with van der Waals surface area (Å²) in [6.45, 7) is 6.31. The summed E-state index contributed by atoms with van der Waals surface area (Å²) in [4.78, 5) is 11.9. The Morgan fingerprint density at radius 3 is 2.74 bits per heavy atom. The van der Waals surface area contributed by atoms with Crippen LogP contribution < -0.4 is 10.6 Å². The fourth-order valence-corrected chi connectivity index (χ4v) is 2.33. The van der Waals surface area contributed by atoms with Crippen molar-refractivity contribution < 1.29 is 14.3 Å². The average Bonchev–Trinajstić information content (AvgIpc) is 3.06. The molecule has 0 spiro atoms. The number of aliphatic hydroxyl groups is 1. The van der Waals surface area contributed by atoms with E-state index in [-0.39, 0.29) is 18.5 Å². The summed E-state index contributed by atoms with van der Waals surface area (Å²) in [6.07, 6.45) is 1.49. The molecule has 1 heterocycles. The smallest absolute Gasteiger partial charge is 0.314 e. The molecule has 0 fully saturated rings. The first-order valence-electron chi connectivity index (χ1n) is 7.73. The van der Waals surface area contributed by atoms with E-state index in [2.05, 4.69) is 29.7 Å². The monoisotopic (exact) mass is 316 g/mol. The quantitative estimate of drug-likeness (QED) is 0.767. The van der Waals surface area contributed by atoms with Gasteiger partial charge in [-0.1, -0.05) is 36.8 Å². The van der Waals surface area contributed by atoms with Gasteiger partial charge < -0.3 is 20.2 Å². The van der Waals surface area contributed by atoms with Crippen molar-refractivity contribution in [2.45, 2.75) is 32.3 Å². The van der Waals surface area contributed by atoms with Gasteiger partial charge in [-0.05, 0) is 37.5 Å². The maximum Gasteiger partial charge on any atom is 0.314 e. The third-order valence-electron chi connectivity index (χ3n) is 3.83. The molecule has 2 amide bonds. The fraction of sp³-hybridized carbons (Fsp3) is 0.389. The summed E-state index contributed by atoms with van der Waals surface area (Å²) < 4.78 is 5.18. The molecular formula is C18H24N2O3. The Morgan fingerprint density at radius 2 is 2.09 bits per heavy atom. The summed E-state index contributed by atoms with van der Waals surface area (Å²) in [7, 11) is 0. The molecule has 0 aliphatic rings. The van der Waals surface area contributed by atoms with E-state index >= 15 is 0 Å². The van der Waals surface area contributed by atoms with E-state index in [0.29, 0.717) is 12.3 Å². The number of benzene rings is 1. The van der Waals surface area contributed by atoms with Gasteiger partial charge in [-0.25, -0.2) is 4.79 Å². The van der Waals surface area contributed by atoms with Gasteiger partial charge in [0.1, 0.15) is 11.4 Å². The molecule has 2 aromatic rings. The van der Waals surface area contributed by atoms with Gasteiger partial charge >= 0.3 is 6.03 Å². The minimum atomic E-state index is -1.23. The lowest BCUT2D eigenvalue weighted by molar-refractivity contribution is 0.0367. The molecule has 0 aliphatic carbocycles. The van der Waals surface area contributed by atoms with Crippen molar-refractivity contribution >= 4 is 6.03 Å². The molecule has 0 radical (unpaired) electrons. The Morgan fingerprint density at radius 1 is 1.30 bits per heavy atom. The lowest BCUT2D eigenvalue weighted by Gasteiger charge is -2.21. The molecule has 124 valence electrons. The van der Waals surface area contributed by atoms with Gasteiger partial charge in [0.15, 0.2) is 0 Å². The van der Waals surface area contributed by atoms with Crippen molar-refractivity contribution in [2.24, 2.45) is 0 Å². The topological polar surface area (TPSA) is 74.5 Å². The number of nitrogens with one attached hydrogen (secondary N) is 2. The van der Waals surface area contributed by atoms with Crippen LogP contribution in [0.25, 0.3) is 0 Å². The van der Waals surface area contributed by atoms with Gasteiger partial charge in [0.05, 0.1) is 12.8 Å². The molecule has 2 rings (SSSR count). The van der Waals surface area contributed by atoms with Crippen LogP contribution >= 0.6 is 0 Å². The van der Waals surface area contributed by atoms with Crippen LogP contribution in [-0.4, -0.2) is 24.2 Å². The minimum absolute atomic E-state index is 0.0746. The third kappa shape index (κ3) is 4.86. The first-order valence-corrected chi connectivity index (χ1v) is 7.73. The number of carbonyl (C=O) groups excluding carboxylic acids is 1. The van der Waals surface area contributed by atoms with Gasteiger partial charge in [-0.2, -0.15) is 0 Å².